The molecular formula is C9H13N3. The van der Waals surface area contributed by atoms with Gasteiger partial charge < -0.3 is 10.6 Å². The third-order valence-corrected chi connectivity index (χ3v) is 2.36. The number of hydrogen-bond donors (Lipinski definition) is 1. The maximum Gasteiger partial charge on any atom is 0.125 e. The molecule has 2 heterocycles. The fourth-order valence-electron chi connectivity index (χ4n) is 1.68. The minimum absolute atomic E-state index is 0.620. The summed E-state index contributed by atoms with van der Waals surface area (Å²) in [6, 6.07) is 1.96. The lowest BCUT2D eigenvalue weighted by Gasteiger charge is -2.16. The molecular weight excluding hydrogens is 150 g/mol. The second kappa shape index (κ2) is 2.66. The molecule has 1 aliphatic heterocycles. The van der Waals surface area contributed by atoms with Crippen molar-refractivity contribution in [2.24, 2.45) is 0 Å². The number of aromatic nitrogens is 1. The lowest BCUT2D eigenvalue weighted by atomic mass is 10.2. The maximum atomic E-state index is 5.61. The normalized spacial score (nSPS) is 14.9. The summed E-state index contributed by atoms with van der Waals surface area (Å²) in [4.78, 5) is 6.40. The van der Waals surface area contributed by atoms with Crippen LogP contribution in [0.25, 0.3) is 0 Å². The molecule has 0 unspecified atom stereocenters. The van der Waals surface area contributed by atoms with Crippen LogP contribution in [0.4, 0.5) is 11.5 Å². The highest BCUT2D eigenvalue weighted by Crippen LogP contribution is 2.27. The smallest absolute Gasteiger partial charge is 0.125 e. The third kappa shape index (κ3) is 1.02. The van der Waals surface area contributed by atoms with Gasteiger partial charge in [0, 0.05) is 31.0 Å². The molecule has 2 N–H and O–H groups in total. The van der Waals surface area contributed by atoms with E-state index in [1.807, 2.05) is 12.3 Å². The van der Waals surface area contributed by atoms with E-state index in [2.05, 4.69) is 16.8 Å². The highest BCUT2D eigenvalue weighted by Gasteiger charge is 2.17. The van der Waals surface area contributed by atoms with Crippen molar-refractivity contribution < 1.29 is 0 Å². The van der Waals surface area contributed by atoms with Crippen molar-refractivity contribution in [2.45, 2.75) is 13.3 Å². The van der Waals surface area contributed by atoms with Crippen LogP contribution in [0, 0.1) is 0 Å². The Labute approximate surface area is 72.2 Å². The van der Waals surface area contributed by atoms with E-state index in [1.165, 1.54) is 11.3 Å². The average Bonchev–Trinajstić information content (AvgIpc) is 2.46. The Morgan fingerprint density at radius 2 is 2.50 bits per heavy atom. The number of nitrogen functional groups attached to an aromatic ring is 1. The SMILES string of the molecule is CCN1CCc2cnc(N)cc21. The average molecular weight is 163 g/mol. The van der Waals surface area contributed by atoms with Crippen LogP contribution >= 0.6 is 0 Å². The molecule has 3 nitrogen and oxygen atoms in total. The predicted molar refractivity (Wildman–Crippen MR) is 50.2 cm³/mol. The van der Waals surface area contributed by atoms with Gasteiger partial charge in [0.25, 0.3) is 0 Å². The van der Waals surface area contributed by atoms with E-state index in [0.717, 1.165) is 19.5 Å². The molecule has 0 atom stereocenters. The molecule has 0 saturated carbocycles. The molecule has 0 bridgehead atoms. The topological polar surface area (TPSA) is 42.2 Å². The molecule has 0 amide bonds. The summed E-state index contributed by atoms with van der Waals surface area (Å²) in [5.41, 5.74) is 8.20. The number of anilines is 2. The van der Waals surface area contributed by atoms with Gasteiger partial charge in [-0.15, -0.1) is 0 Å². The van der Waals surface area contributed by atoms with Crippen molar-refractivity contribution in [3.05, 3.63) is 17.8 Å². The number of fused-ring (bicyclic) bond motifs is 1. The highest BCUT2D eigenvalue weighted by atomic mass is 15.1. The second-order valence-electron chi connectivity index (χ2n) is 3.07. The summed E-state index contributed by atoms with van der Waals surface area (Å²) < 4.78 is 0. The molecule has 1 aromatic rings. The van der Waals surface area contributed by atoms with Crippen LogP contribution in [0.5, 0.6) is 0 Å². The van der Waals surface area contributed by atoms with E-state index in [1.54, 1.807) is 0 Å². The fourth-order valence-corrected chi connectivity index (χ4v) is 1.68. The minimum Gasteiger partial charge on any atom is -0.384 e. The van der Waals surface area contributed by atoms with Crippen LogP contribution in [-0.4, -0.2) is 18.1 Å². The Morgan fingerprint density at radius 3 is 3.25 bits per heavy atom. The van der Waals surface area contributed by atoms with Gasteiger partial charge in [0.05, 0.1) is 0 Å². The van der Waals surface area contributed by atoms with Crippen molar-refractivity contribution in [2.75, 3.05) is 23.7 Å². The number of likely N-dealkylation sites (N-methyl/N-ethyl adjacent to an activating group) is 1. The van der Waals surface area contributed by atoms with Crippen LogP contribution in [0.1, 0.15) is 12.5 Å². The lowest BCUT2D eigenvalue weighted by molar-refractivity contribution is 0.868. The Balaban J connectivity index is 2.42. The molecule has 0 spiro atoms. The lowest BCUT2D eigenvalue weighted by Crippen LogP contribution is -2.19. The molecule has 1 aliphatic rings. The molecule has 1 aromatic heterocycles. The number of rotatable bonds is 1. The van der Waals surface area contributed by atoms with Crippen LogP contribution in [-0.2, 0) is 6.42 Å². The van der Waals surface area contributed by atoms with Gasteiger partial charge in [0.15, 0.2) is 0 Å². The molecule has 0 saturated heterocycles. The van der Waals surface area contributed by atoms with Crippen LogP contribution in [0.15, 0.2) is 12.3 Å². The minimum atomic E-state index is 0.620. The number of hydrogen-bond acceptors (Lipinski definition) is 3. The van der Waals surface area contributed by atoms with Gasteiger partial charge in [0.1, 0.15) is 5.82 Å². The van der Waals surface area contributed by atoms with Crippen LogP contribution in [0.2, 0.25) is 0 Å². The first-order valence-electron chi connectivity index (χ1n) is 4.30. The summed E-state index contributed by atoms with van der Waals surface area (Å²) >= 11 is 0. The van der Waals surface area contributed by atoms with Gasteiger partial charge in [0.2, 0.25) is 0 Å². The van der Waals surface area contributed by atoms with Gasteiger partial charge in [-0.25, -0.2) is 4.98 Å². The third-order valence-electron chi connectivity index (χ3n) is 2.36. The van der Waals surface area contributed by atoms with Crippen molar-refractivity contribution >= 4 is 11.5 Å². The number of nitrogens with zero attached hydrogens (tertiary/aromatic N) is 2. The zero-order valence-electron chi connectivity index (χ0n) is 7.25. The summed E-state index contributed by atoms with van der Waals surface area (Å²) in [6.07, 6.45) is 3.00. The monoisotopic (exact) mass is 163 g/mol. The molecule has 2 rings (SSSR count). The Bertz CT molecular complexity index is 296. The fraction of sp³-hybridized carbons (Fsp3) is 0.444. The summed E-state index contributed by atoms with van der Waals surface area (Å²) in [7, 11) is 0. The van der Waals surface area contributed by atoms with Gasteiger partial charge in [-0.05, 0) is 18.9 Å². The van der Waals surface area contributed by atoms with E-state index >= 15 is 0 Å². The van der Waals surface area contributed by atoms with Gasteiger partial charge in [-0.3, -0.25) is 0 Å². The van der Waals surface area contributed by atoms with E-state index in [4.69, 9.17) is 5.73 Å². The number of nitrogens with two attached hydrogens (primary N) is 1. The quantitative estimate of drug-likeness (QED) is 0.672. The Kier molecular flexibility index (Phi) is 1.64. The standard InChI is InChI=1S/C9H13N3/c1-2-12-4-3-7-6-11-9(10)5-8(7)12/h5-6H,2-4H2,1H3,(H2,10,11). The van der Waals surface area contributed by atoms with Gasteiger partial charge in [-0.2, -0.15) is 0 Å². The molecule has 0 aromatic carbocycles. The zero-order valence-corrected chi connectivity index (χ0v) is 7.25. The summed E-state index contributed by atoms with van der Waals surface area (Å²) in [6.45, 7) is 4.32. The molecule has 64 valence electrons. The maximum absolute atomic E-state index is 5.61. The van der Waals surface area contributed by atoms with Crippen LogP contribution < -0.4 is 10.6 Å². The van der Waals surface area contributed by atoms with Crippen molar-refractivity contribution in [1.82, 2.24) is 4.98 Å². The van der Waals surface area contributed by atoms with E-state index < -0.39 is 0 Å². The van der Waals surface area contributed by atoms with Crippen molar-refractivity contribution in [1.29, 1.82) is 0 Å². The van der Waals surface area contributed by atoms with Crippen molar-refractivity contribution in [3.63, 3.8) is 0 Å². The van der Waals surface area contributed by atoms with Gasteiger partial charge in [-0.1, -0.05) is 0 Å². The zero-order chi connectivity index (χ0) is 8.55. The molecule has 0 radical (unpaired) electrons. The van der Waals surface area contributed by atoms with E-state index in [9.17, 15) is 0 Å². The summed E-state index contributed by atoms with van der Waals surface area (Å²) in [5, 5.41) is 0. The molecule has 0 aliphatic carbocycles. The predicted octanol–water partition coefficient (Wildman–Crippen LogP) is 1.05. The second-order valence-corrected chi connectivity index (χ2v) is 3.07. The Morgan fingerprint density at radius 1 is 1.67 bits per heavy atom. The number of pyridine rings is 1. The van der Waals surface area contributed by atoms with Crippen LogP contribution in [0.3, 0.4) is 0 Å². The van der Waals surface area contributed by atoms with E-state index in [-0.39, 0.29) is 0 Å². The summed E-state index contributed by atoms with van der Waals surface area (Å²) in [5.74, 6) is 0.620. The van der Waals surface area contributed by atoms with E-state index in [0.29, 0.717) is 5.82 Å². The molecule has 0 fully saturated rings. The van der Waals surface area contributed by atoms with Crippen molar-refractivity contribution in [3.8, 4) is 0 Å². The first kappa shape index (κ1) is 7.40. The first-order chi connectivity index (χ1) is 5.81. The largest absolute Gasteiger partial charge is 0.384 e. The van der Waals surface area contributed by atoms with Gasteiger partial charge >= 0.3 is 0 Å². The molecule has 12 heavy (non-hydrogen) atoms. The molecule has 3 heteroatoms. The highest BCUT2D eigenvalue weighted by molar-refractivity contribution is 5.61. The Hall–Kier alpha value is -1.25. The first-order valence-corrected chi connectivity index (χ1v) is 4.30.